The molecular weight excluding hydrogens is 175 g/mol. The molecule has 0 aromatic rings. The van der Waals surface area contributed by atoms with Crippen molar-refractivity contribution in [2.75, 3.05) is 0 Å². The van der Waals surface area contributed by atoms with Crippen LogP contribution in [0.4, 0.5) is 0 Å². The average Bonchev–Trinajstić information content (AvgIpc) is 1.00. The molecule has 0 aliphatic heterocycles. The summed E-state index contributed by atoms with van der Waals surface area (Å²) < 4.78 is 8.00. The van der Waals surface area contributed by atoms with Crippen LogP contribution in [0, 0.1) is 0 Å². The normalized spacial score (nSPS) is 1.25. The second kappa shape index (κ2) is 19.4. The van der Waals surface area contributed by atoms with E-state index in [1.807, 2.05) is 15.9 Å². The average molecular weight is 177 g/mol. The molecule has 0 saturated carbocycles. The second-order valence-corrected chi connectivity index (χ2v) is 0. The zero-order valence-corrected chi connectivity index (χ0v) is 6.02. The molecule has 0 spiro atoms. The van der Waals surface area contributed by atoms with Gasteiger partial charge in [0.1, 0.15) is 0 Å². The molecule has 0 aromatic heterocycles. The molecule has 0 aliphatic rings. The van der Waals surface area contributed by atoms with Gasteiger partial charge < -0.3 is 2.85 Å². The summed E-state index contributed by atoms with van der Waals surface area (Å²) >= 11 is 2.00. The third kappa shape index (κ3) is 8.94. The Balaban J connectivity index is -0.000000000833. The Kier molecular flexibility index (Phi) is 80.3. The first kappa shape index (κ1) is 16.5. The van der Waals surface area contributed by atoms with Gasteiger partial charge in [-0.25, -0.2) is 0 Å². The van der Waals surface area contributed by atoms with E-state index in [0.29, 0.717) is 0 Å². The first-order valence-electron chi connectivity index (χ1n) is 0.144. The Hall–Kier alpha value is 2.10. The van der Waals surface area contributed by atoms with E-state index in [1.54, 1.807) is 0 Å². The van der Waals surface area contributed by atoms with Crippen LogP contribution in [0.15, 0.2) is 0 Å². The molecule has 0 rings (SSSR count). The molecule has 0 bridgehead atoms. The van der Waals surface area contributed by atoms with Crippen LogP contribution in [-0.2, 0) is 36.8 Å². The van der Waals surface area contributed by atoms with Gasteiger partial charge in [0, 0.05) is 17.1 Å². The van der Waals surface area contributed by atoms with Crippen molar-refractivity contribution in [3.63, 3.8) is 0 Å². The predicted molar refractivity (Wildman–Crippen MR) is 8.66 cm³/mol. The van der Waals surface area contributed by atoms with E-state index < -0.39 is 0 Å². The van der Waals surface area contributed by atoms with Crippen molar-refractivity contribution in [3.05, 3.63) is 0 Å². The van der Waals surface area contributed by atoms with Crippen molar-refractivity contribution in [3.8, 4) is 0 Å². The Morgan fingerprint density at radius 2 is 1.50 bits per heavy atom. The molecule has 0 heterocycles. The minimum atomic E-state index is 0. The van der Waals surface area contributed by atoms with Crippen molar-refractivity contribution < 1.29 is 39.7 Å². The Morgan fingerprint density at radius 3 is 1.50 bits per heavy atom. The summed E-state index contributed by atoms with van der Waals surface area (Å²) in [6.07, 6.45) is 0. The van der Waals surface area contributed by atoms with E-state index in [1.165, 1.54) is 0 Å². The molecular formula is H2CaCuFeO. The monoisotopic (exact) mass is 177 g/mol. The summed E-state index contributed by atoms with van der Waals surface area (Å²) in [7, 11) is 0. The molecule has 0 aromatic carbocycles. The van der Waals surface area contributed by atoms with Crippen LogP contribution in [0.1, 0.15) is 2.85 Å². The molecule has 4 heteroatoms. The molecule has 0 atom stereocenters. The van der Waals surface area contributed by atoms with Crippen molar-refractivity contribution >= 4 is 37.7 Å². The van der Waals surface area contributed by atoms with Crippen LogP contribution in [0.2, 0.25) is 0 Å². The van der Waals surface area contributed by atoms with Crippen molar-refractivity contribution in [1.29, 1.82) is 0 Å². The maximum absolute atomic E-state index is 8.00. The Morgan fingerprint density at radius 1 is 1.50 bits per heavy atom. The van der Waals surface area contributed by atoms with Gasteiger partial charge >= 0.3 is 57.5 Å². The van der Waals surface area contributed by atoms with Gasteiger partial charge in [-0.3, -0.25) is 0 Å². The maximum atomic E-state index is 8.00. The van der Waals surface area contributed by atoms with Crippen molar-refractivity contribution in [1.82, 2.24) is 0 Å². The first-order chi connectivity index (χ1) is 1.00. The zero-order chi connectivity index (χ0) is 2.00. The number of hydrogen-bond acceptors (Lipinski definition) is 1. The van der Waals surface area contributed by atoms with Crippen LogP contribution in [0.25, 0.3) is 0 Å². The zero-order valence-electron chi connectivity index (χ0n) is 3.77. The fourth-order valence-corrected chi connectivity index (χ4v) is 0. The molecule has 0 aliphatic carbocycles. The van der Waals surface area contributed by atoms with Crippen molar-refractivity contribution in [2.24, 2.45) is 0 Å². The van der Waals surface area contributed by atoms with Crippen LogP contribution >= 0.6 is 0 Å². The summed E-state index contributed by atoms with van der Waals surface area (Å²) in [5.74, 6) is 0. The van der Waals surface area contributed by atoms with E-state index in [2.05, 4.69) is 0 Å². The molecule has 4 heavy (non-hydrogen) atoms. The van der Waals surface area contributed by atoms with Gasteiger partial charge in [-0.15, -0.1) is 0 Å². The summed E-state index contributed by atoms with van der Waals surface area (Å²) in [6.45, 7) is 0. The van der Waals surface area contributed by atoms with Gasteiger partial charge in [0.25, 0.3) is 0 Å². The molecule has 0 fully saturated rings. The van der Waals surface area contributed by atoms with E-state index in [9.17, 15) is 0 Å². The topological polar surface area (TPSA) is 17.1 Å². The molecule has 1 radical (unpaired) electrons. The summed E-state index contributed by atoms with van der Waals surface area (Å²) in [5, 5.41) is 0. The van der Waals surface area contributed by atoms with E-state index in [-0.39, 0.29) is 57.7 Å². The number of hydrogen-bond donors (Lipinski definition) is 0. The minimum absolute atomic E-state index is 0. The summed E-state index contributed by atoms with van der Waals surface area (Å²) in [6, 6.07) is 0. The van der Waals surface area contributed by atoms with Crippen LogP contribution in [0.5, 0.6) is 0 Å². The van der Waals surface area contributed by atoms with Gasteiger partial charge in [0.15, 0.2) is 0 Å². The molecule has 0 amide bonds. The molecule has 0 unspecified atom stereocenters. The van der Waals surface area contributed by atoms with E-state index in [4.69, 9.17) is 3.83 Å². The van der Waals surface area contributed by atoms with Gasteiger partial charge in [-0.05, 0) is 0 Å². The SMILES string of the molecule is [Ca+2].[Cu].[H-].[H-].[O]=[Fe]. The van der Waals surface area contributed by atoms with Crippen molar-refractivity contribution in [2.45, 2.75) is 0 Å². The van der Waals surface area contributed by atoms with Crippen LogP contribution in [-0.4, -0.2) is 37.7 Å². The number of rotatable bonds is 0. The molecule has 0 saturated heterocycles. The van der Waals surface area contributed by atoms with E-state index >= 15 is 0 Å². The van der Waals surface area contributed by atoms with E-state index in [0.717, 1.165) is 0 Å². The van der Waals surface area contributed by atoms with Gasteiger partial charge in [0.2, 0.25) is 0 Å². The third-order valence-electron chi connectivity index (χ3n) is 0. The quantitative estimate of drug-likeness (QED) is 0.465. The fourth-order valence-electron chi connectivity index (χ4n) is 0. The Labute approximate surface area is 76.4 Å². The van der Waals surface area contributed by atoms with Crippen LogP contribution < -0.4 is 0 Å². The van der Waals surface area contributed by atoms with Gasteiger partial charge in [-0.1, -0.05) is 0 Å². The third-order valence-corrected chi connectivity index (χ3v) is 0. The van der Waals surface area contributed by atoms with Gasteiger partial charge in [0.05, 0.1) is 0 Å². The summed E-state index contributed by atoms with van der Waals surface area (Å²) in [4.78, 5) is 0. The molecule has 1 nitrogen and oxygen atoms in total. The first-order valence-corrected chi connectivity index (χ1v) is 0.595. The van der Waals surface area contributed by atoms with Crippen LogP contribution in [0.3, 0.4) is 0 Å². The fraction of sp³-hybridized carbons (Fsp3) is 0. The Bertz CT molecular complexity index is 13.5. The second-order valence-electron chi connectivity index (χ2n) is 0. The standard InChI is InChI=1S/Ca.Cu.Fe.O.2H/q+2;;;;2*-1. The predicted octanol–water partition coefficient (Wildman–Crippen LogP) is -0.280. The molecule has 0 N–H and O–H groups in total. The molecule has 29 valence electrons. The van der Waals surface area contributed by atoms with Gasteiger partial charge in [-0.2, -0.15) is 0 Å². The summed E-state index contributed by atoms with van der Waals surface area (Å²) in [5.41, 5.74) is 0.